The highest BCUT2D eigenvalue weighted by atomic mass is 16.3. The Bertz CT molecular complexity index is 2040. The van der Waals surface area contributed by atoms with Gasteiger partial charge in [0, 0.05) is 72.9 Å². The van der Waals surface area contributed by atoms with Gasteiger partial charge < -0.3 is 15.7 Å². The number of nitrogens with zero attached hydrogens (tertiary/aromatic N) is 6. The molecule has 5 heterocycles. The van der Waals surface area contributed by atoms with Gasteiger partial charge in [0.2, 0.25) is 0 Å². The summed E-state index contributed by atoms with van der Waals surface area (Å²) in [4.78, 5) is 19.2. The molecule has 0 unspecified atom stereocenters. The fourth-order valence-electron chi connectivity index (χ4n) is 6.83. The Labute approximate surface area is 261 Å². The lowest BCUT2D eigenvalue weighted by Gasteiger charge is -2.61. The predicted octanol–water partition coefficient (Wildman–Crippen LogP) is 6.40. The molecule has 8 nitrogen and oxygen atoms in total. The highest BCUT2D eigenvalue weighted by molar-refractivity contribution is 5.84. The van der Waals surface area contributed by atoms with E-state index in [1.165, 1.54) is 5.56 Å². The SMILES string of the molecule is C=Cc1ccc(N2CC3(CN(Cc4ccc(-n5c(-c6cccnc6N)nc6ccc(-c7ccccc7)nc65)cc4)C3)C2)cc1O. The fourth-order valence-corrected chi connectivity index (χ4v) is 6.83. The van der Waals surface area contributed by atoms with E-state index in [0.717, 1.165) is 77.6 Å². The number of nitrogen functional groups attached to an aromatic ring is 1. The maximum atomic E-state index is 10.2. The molecule has 3 N–H and O–H groups in total. The summed E-state index contributed by atoms with van der Waals surface area (Å²) in [6, 6.07) is 32.6. The molecule has 8 rings (SSSR count). The van der Waals surface area contributed by atoms with E-state index in [2.05, 4.69) is 68.4 Å². The summed E-state index contributed by atoms with van der Waals surface area (Å²) in [5.74, 6) is 1.43. The van der Waals surface area contributed by atoms with Gasteiger partial charge in [-0.15, -0.1) is 0 Å². The van der Waals surface area contributed by atoms with Crippen LogP contribution < -0.4 is 10.6 Å². The van der Waals surface area contributed by atoms with Crippen LogP contribution in [0.2, 0.25) is 0 Å². The Morgan fingerprint density at radius 2 is 1.62 bits per heavy atom. The van der Waals surface area contributed by atoms with Crippen LogP contribution in [0.1, 0.15) is 11.1 Å². The second kappa shape index (κ2) is 10.6. The number of fused-ring (bicyclic) bond motifs is 1. The van der Waals surface area contributed by atoms with Crippen molar-refractivity contribution in [2.75, 3.05) is 36.8 Å². The predicted molar refractivity (Wildman–Crippen MR) is 180 cm³/mol. The van der Waals surface area contributed by atoms with Gasteiger partial charge in [-0.25, -0.2) is 15.0 Å². The van der Waals surface area contributed by atoms with Crippen LogP contribution >= 0.6 is 0 Å². The zero-order valence-electron chi connectivity index (χ0n) is 24.8. The Hall–Kier alpha value is -5.47. The van der Waals surface area contributed by atoms with Crippen LogP contribution in [-0.4, -0.2) is 55.7 Å². The second-order valence-electron chi connectivity index (χ2n) is 12.2. The van der Waals surface area contributed by atoms with Crippen LogP contribution in [-0.2, 0) is 6.54 Å². The molecule has 3 aromatic heterocycles. The Morgan fingerprint density at radius 3 is 2.36 bits per heavy atom. The topological polar surface area (TPSA) is 96.3 Å². The summed E-state index contributed by atoms with van der Waals surface area (Å²) in [5, 5.41) is 10.2. The van der Waals surface area contributed by atoms with Crippen LogP contribution in [0.5, 0.6) is 5.75 Å². The van der Waals surface area contributed by atoms with Crippen molar-refractivity contribution < 1.29 is 5.11 Å². The lowest BCUT2D eigenvalue weighted by Crippen LogP contribution is -2.71. The third-order valence-electron chi connectivity index (χ3n) is 9.02. The van der Waals surface area contributed by atoms with Crippen molar-refractivity contribution in [1.29, 1.82) is 0 Å². The molecule has 0 radical (unpaired) electrons. The van der Waals surface area contributed by atoms with Gasteiger partial charge in [0.15, 0.2) is 11.5 Å². The first-order valence-corrected chi connectivity index (χ1v) is 15.2. The van der Waals surface area contributed by atoms with E-state index in [9.17, 15) is 5.11 Å². The summed E-state index contributed by atoms with van der Waals surface area (Å²) in [7, 11) is 0. The van der Waals surface area contributed by atoms with Gasteiger partial charge in [-0.1, -0.05) is 55.1 Å². The van der Waals surface area contributed by atoms with Gasteiger partial charge in [-0.05, 0) is 54.1 Å². The summed E-state index contributed by atoms with van der Waals surface area (Å²) in [6.45, 7) is 8.84. The minimum Gasteiger partial charge on any atom is -0.507 e. The number of rotatable bonds is 7. The van der Waals surface area contributed by atoms with E-state index in [1.807, 2.05) is 54.6 Å². The van der Waals surface area contributed by atoms with E-state index in [1.54, 1.807) is 12.3 Å². The quantitative estimate of drug-likeness (QED) is 0.222. The van der Waals surface area contributed by atoms with Crippen molar-refractivity contribution in [1.82, 2.24) is 24.4 Å². The van der Waals surface area contributed by atoms with Gasteiger partial charge in [0.05, 0.1) is 11.3 Å². The fraction of sp³-hybridized carbons (Fsp3) is 0.162. The monoisotopic (exact) mass is 591 g/mol. The van der Waals surface area contributed by atoms with Gasteiger partial charge in [0.1, 0.15) is 17.1 Å². The van der Waals surface area contributed by atoms with Crippen LogP contribution in [0.15, 0.2) is 110 Å². The first-order valence-electron chi connectivity index (χ1n) is 15.2. The summed E-state index contributed by atoms with van der Waals surface area (Å²) in [5.41, 5.74) is 15.0. The number of aromatic hydroxyl groups is 1. The van der Waals surface area contributed by atoms with Crippen molar-refractivity contribution in [2.45, 2.75) is 6.54 Å². The van der Waals surface area contributed by atoms with Gasteiger partial charge in [-0.3, -0.25) is 9.47 Å². The van der Waals surface area contributed by atoms with E-state index < -0.39 is 0 Å². The number of hydrogen-bond acceptors (Lipinski definition) is 7. The number of aromatic nitrogens is 4. The molecule has 0 aliphatic carbocycles. The van der Waals surface area contributed by atoms with E-state index in [-0.39, 0.29) is 5.75 Å². The summed E-state index contributed by atoms with van der Waals surface area (Å²) in [6.07, 6.45) is 3.37. The molecule has 0 amide bonds. The zero-order valence-corrected chi connectivity index (χ0v) is 24.8. The van der Waals surface area contributed by atoms with Crippen LogP contribution in [0.3, 0.4) is 0 Å². The van der Waals surface area contributed by atoms with Crippen molar-refractivity contribution in [2.24, 2.45) is 5.41 Å². The molecule has 2 saturated heterocycles. The second-order valence-corrected chi connectivity index (χ2v) is 12.2. The molecule has 0 bridgehead atoms. The number of benzene rings is 3. The molecule has 222 valence electrons. The van der Waals surface area contributed by atoms with Crippen molar-refractivity contribution >= 4 is 28.7 Å². The third-order valence-corrected chi connectivity index (χ3v) is 9.02. The van der Waals surface area contributed by atoms with Gasteiger partial charge >= 0.3 is 0 Å². The number of anilines is 2. The van der Waals surface area contributed by atoms with Gasteiger partial charge in [0.25, 0.3) is 0 Å². The first kappa shape index (κ1) is 27.1. The van der Waals surface area contributed by atoms with Crippen LogP contribution in [0, 0.1) is 5.41 Å². The minimum atomic E-state index is 0.286. The molecule has 2 aliphatic heterocycles. The number of phenolic OH excluding ortho intramolecular Hbond substituents is 1. The van der Waals surface area contributed by atoms with Crippen LogP contribution in [0.4, 0.5) is 11.5 Å². The molecule has 6 aromatic rings. The van der Waals surface area contributed by atoms with E-state index in [4.69, 9.17) is 15.7 Å². The number of phenols is 1. The average Bonchev–Trinajstić information content (AvgIpc) is 3.41. The lowest BCUT2D eigenvalue weighted by atomic mass is 9.72. The Kier molecular flexibility index (Phi) is 6.39. The Morgan fingerprint density at radius 1 is 0.844 bits per heavy atom. The molecule has 3 aromatic carbocycles. The summed E-state index contributed by atoms with van der Waals surface area (Å²) < 4.78 is 2.08. The molecular weight excluding hydrogens is 558 g/mol. The zero-order chi connectivity index (χ0) is 30.5. The smallest absolute Gasteiger partial charge is 0.165 e. The standard InChI is InChI=1S/C37H33N7O/c1-2-26-12-15-29(19-33(26)45)43-23-37(24-43)21-42(22-37)20-25-10-13-28(14-11-25)44-35(30-9-6-18-39-34(30)38)41-32-17-16-31(40-36(32)44)27-7-4-3-5-8-27/h2-19,45H,1,20-24H2,(H2,38,39). The Balaban J connectivity index is 1.02. The average molecular weight is 592 g/mol. The van der Waals surface area contributed by atoms with Crippen molar-refractivity contribution in [3.05, 3.63) is 121 Å². The molecule has 45 heavy (non-hydrogen) atoms. The first-order chi connectivity index (χ1) is 22.0. The van der Waals surface area contributed by atoms with Crippen molar-refractivity contribution in [3.8, 4) is 34.1 Å². The van der Waals surface area contributed by atoms with Crippen LogP contribution in [0.25, 0.3) is 45.6 Å². The van der Waals surface area contributed by atoms with E-state index >= 15 is 0 Å². The molecule has 8 heteroatoms. The van der Waals surface area contributed by atoms with E-state index in [0.29, 0.717) is 17.1 Å². The maximum absolute atomic E-state index is 10.2. The molecule has 0 saturated carbocycles. The maximum Gasteiger partial charge on any atom is 0.165 e. The number of imidazole rings is 1. The highest BCUT2D eigenvalue weighted by Crippen LogP contribution is 2.43. The van der Waals surface area contributed by atoms with Crippen molar-refractivity contribution in [3.63, 3.8) is 0 Å². The molecule has 0 atom stereocenters. The molecule has 2 aliphatic rings. The minimum absolute atomic E-state index is 0.286. The number of hydrogen-bond donors (Lipinski definition) is 2. The lowest BCUT2D eigenvalue weighted by molar-refractivity contribution is -0.0273. The summed E-state index contributed by atoms with van der Waals surface area (Å²) >= 11 is 0. The van der Waals surface area contributed by atoms with Gasteiger partial charge in [-0.2, -0.15) is 0 Å². The third kappa shape index (κ3) is 4.80. The normalized spacial score (nSPS) is 15.6. The molecule has 1 spiro atoms. The number of pyridine rings is 2. The molecule has 2 fully saturated rings. The highest BCUT2D eigenvalue weighted by Gasteiger charge is 2.51. The number of nitrogens with two attached hydrogens (primary N) is 1. The number of likely N-dealkylation sites (tertiary alicyclic amines) is 1. The molecular formula is C37H33N7O. The largest absolute Gasteiger partial charge is 0.507 e.